The van der Waals surface area contributed by atoms with E-state index >= 15 is 0 Å². The number of likely N-dealkylation sites (tertiary alicyclic amines) is 2. The van der Waals surface area contributed by atoms with E-state index in [1.165, 1.54) is 12.8 Å². The summed E-state index contributed by atoms with van der Waals surface area (Å²) >= 11 is 1.90. The zero-order valence-corrected chi connectivity index (χ0v) is 14.4. The number of hydrogen-bond donors (Lipinski definition) is 0. The second-order valence-electron chi connectivity index (χ2n) is 6.55. The molecule has 128 valence electrons. The van der Waals surface area contributed by atoms with Crippen LogP contribution >= 0.6 is 11.8 Å². The number of thioether (sulfide) groups is 1. The molecule has 0 aromatic carbocycles. The van der Waals surface area contributed by atoms with Crippen LogP contribution in [-0.2, 0) is 14.4 Å². The Morgan fingerprint density at radius 3 is 2.43 bits per heavy atom. The topological polar surface area (TPSA) is 60.9 Å². The molecule has 1 atom stereocenters. The van der Waals surface area contributed by atoms with Crippen LogP contribution in [0.4, 0.5) is 0 Å². The van der Waals surface area contributed by atoms with Gasteiger partial charge in [-0.25, -0.2) is 0 Å². The minimum absolute atomic E-state index is 0.0692. The molecule has 3 amide bonds. The molecular weight excluding hydrogens is 314 g/mol. The van der Waals surface area contributed by atoms with Gasteiger partial charge in [0.05, 0.1) is 6.04 Å². The van der Waals surface area contributed by atoms with Gasteiger partial charge in [0.15, 0.2) is 0 Å². The molecule has 3 saturated heterocycles. The van der Waals surface area contributed by atoms with Gasteiger partial charge in [-0.05, 0) is 38.1 Å². The average Bonchev–Trinajstić information content (AvgIpc) is 3.07. The predicted molar refractivity (Wildman–Crippen MR) is 89.1 cm³/mol. The fourth-order valence-electron chi connectivity index (χ4n) is 3.60. The fraction of sp³-hybridized carbons (Fsp3) is 0.812. The Bertz CT molecular complexity index is 463. The third-order valence-electron chi connectivity index (χ3n) is 4.87. The monoisotopic (exact) mass is 339 g/mol. The summed E-state index contributed by atoms with van der Waals surface area (Å²) in [5.74, 6) is 1.54. The first-order chi connectivity index (χ1) is 11.1. The molecule has 3 heterocycles. The number of nitrogens with zero attached hydrogens (tertiary/aromatic N) is 3. The van der Waals surface area contributed by atoms with Crippen LogP contribution in [0.5, 0.6) is 0 Å². The first kappa shape index (κ1) is 16.8. The number of rotatable bonds is 4. The maximum Gasteiger partial charge on any atom is 0.243 e. The average molecular weight is 339 g/mol. The Kier molecular flexibility index (Phi) is 5.58. The number of hydrogen-bond acceptors (Lipinski definition) is 5. The molecule has 0 aliphatic carbocycles. The Hall–Kier alpha value is -1.08. The number of carbonyl (C=O) groups excluding carboxylic acids is 3. The van der Waals surface area contributed by atoms with Crippen LogP contribution < -0.4 is 0 Å². The van der Waals surface area contributed by atoms with E-state index < -0.39 is 0 Å². The van der Waals surface area contributed by atoms with Crippen molar-refractivity contribution < 1.29 is 14.4 Å². The summed E-state index contributed by atoms with van der Waals surface area (Å²) in [5, 5.41) is 0. The van der Waals surface area contributed by atoms with Gasteiger partial charge in [0, 0.05) is 31.7 Å². The summed E-state index contributed by atoms with van der Waals surface area (Å²) in [6.07, 6.45) is 3.96. The highest BCUT2D eigenvalue weighted by atomic mass is 32.2. The van der Waals surface area contributed by atoms with Crippen LogP contribution in [0.2, 0.25) is 0 Å². The highest BCUT2D eigenvalue weighted by Gasteiger charge is 2.34. The molecule has 7 heteroatoms. The molecule has 0 saturated carbocycles. The Labute approximate surface area is 141 Å². The molecule has 0 N–H and O–H groups in total. The van der Waals surface area contributed by atoms with E-state index in [0.29, 0.717) is 0 Å². The minimum Gasteiger partial charge on any atom is -0.336 e. The van der Waals surface area contributed by atoms with Gasteiger partial charge < -0.3 is 9.80 Å². The molecule has 23 heavy (non-hydrogen) atoms. The molecule has 0 spiro atoms. The van der Waals surface area contributed by atoms with Crippen molar-refractivity contribution in [2.45, 2.75) is 38.1 Å². The van der Waals surface area contributed by atoms with Crippen molar-refractivity contribution >= 4 is 29.5 Å². The SMILES string of the molecule is O=C1CCC(=O)N1CC(=O)N1CCCSC[C@@H]1CN1CCCC1. The fourth-order valence-corrected chi connectivity index (χ4v) is 4.65. The van der Waals surface area contributed by atoms with E-state index in [2.05, 4.69) is 4.90 Å². The van der Waals surface area contributed by atoms with Gasteiger partial charge >= 0.3 is 0 Å². The molecule has 0 radical (unpaired) electrons. The number of carbonyl (C=O) groups is 3. The van der Waals surface area contributed by atoms with Gasteiger partial charge in [-0.2, -0.15) is 11.8 Å². The van der Waals surface area contributed by atoms with Crippen molar-refractivity contribution in [1.29, 1.82) is 0 Å². The van der Waals surface area contributed by atoms with E-state index in [9.17, 15) is 14.4 Å². The second-order valence-corrected chi connectivity index (χ2v) is 7.70. The number of amides is 3. The van der Waals surface area contributed by atoms with Crippen molar-refractivity contribution in [2.75, 3.05) is 44.2 Å². The molecule has 0 aromatic rings. The standard InChI is InChI=1S/C16H25N3O3S/c20-14-4-5-15(21)19(14)11-16(22)18-8-3-9-23-12-13(18)10-17-6-1-2-7-17/h13H,1-12H2/t13-/m0/s1. The van der Waals surface area contributed by atoms with Gasteiger partial charge in [0.1, 0.15) is 6.54 Å². The lowest BCUT2D eigenvalue weighted by Gasteiger charge is -2.33. The van der Waals surface area contributed by atoms with Crippen LogP contribution in [0.15, 0.2) is 0 Å². The van der Waals surface area contributed by atoms with Gasteiger partial charge in [-0.15, -0.1) is 0 Å². The van der Waals surface area contributed by atoms with E-state index in [1.54, 1.807) is 0 Å². The predicted octanol–water partition coefficient (Wildman–Crippen LogP) is 0.565. The Morgan fingerprint density at radius 1 is 1.04 bits per heavy atom. The highest BCUT2D eigenvalue weighted by Crippen LogP contribution is 2.20. The third kappa shape index (κ3) is 4.07. The quantitative estimate of drug-likeness (QED) is 0.701. The summed E-state index contributed by atoms with van der Waals surface area (Å²) in [6, 6.07) is 0.195. The summed E-state index contributed by atoms with van der Waals surface area (Å²) < 4.78 is 0. The van der Waals surface area contributed by atoms with Gasteiger partial charge in [0.2, 0.25) is 17.7 Å². The summed E-state index contributed by atoms with van der Waals surface area (Å²) in [7, 11) is 0. The molecule has 0 aromatic heterocycles. The summed E-state index contributed by atoms with van der Waals surface area (Å²) in [4.78, 5) is 41.7. The zero-order chi connectivity index (χ0) is 16.2. The summed E-state index contributed by atoms with van der Waals surface area (Å²) in [6.45, 7) is 3.82. The molecule has 3 rings (SSSR count). The minimum atomic E-state index is -0.205. The van der Waals surface area contributed by atoms with E-state index in [1.807, 2.05) is 16.7 Å². The van der Waals surface area contributed by atoms with Gasteiger partial charge in [-0.1, -0.05) is 0 Å². The number of imide groups is 1. The molecule has 3 aliphatic heterocycles. The highest BCUT2D eigenvalue weighted by molar-refractivity contribution is 7.99. The molecule has 0 bridgehead atoms. The van der Waals surface area contributed by atoms with Crippen LogP contribution in [0.1, 0.15) is 32.1 Å². The van der Waals surface area contributed by atoms with Crippen molar-refractivity contribution in [3.05, 3.63) is 0 Å². The smallest absolute Gasteiger partial charge is 0.243 e. The third-order valence-corrected chi connectivity index (χ3v) is 6.07. The molecule has 6 nitrogen and oxygen atoms in total. The van der Waals surface area contributed by atoms with Gasteiger partial charge in [-0.3, -0.25) is 19.3 Å². The lowest BCUT2D eigenvalue weighted by molar-refractivity contribution is -0.146. The first-order valence-corrected chi connectivity index (χ1v) is 9.73. The first-order valence-electron chi connectivity index (χ1n) is 8.58. The normalized spacial score (nSPS) is 26.9. The maximum absolute atomic E-state index is 12.7. The molecule has 3 fully saturated rings. The summed E-state index contributed by atoms with van der Waals surface area (Å²) in [5.41, 5.74) is 0. The second kappa shape index (κ2) is 7.66. The Balaban J connectivity index is 1.64. The lowest BCUT2D eigenvalue weighted by atomic mass is 10.2. The van der Waals surface area contributed by atoms with Crippen LogP contribution in [0, 0.1) is 0 Å². The van der Waals surface area contributed by atoms with Crippen molar-refractivity contribution in [1.82, 2.24) is 14.7 Å². The lowest BCUT2D eigenvalue weighted by Crippen LogP contribution is -2.51. The van der Waals surface area contributed by atoms with Crippen LogP contribution in [0.25, 0.3) is 0 Å². The largest absolute Gasteiger partial charge is 0.336 e. The Morgan fingerprint density at radius 2 is 1.74 bits per heavy atom. The zero-order valence-electron chi connectivity index (χ0n) is 13.5. The maximum atomic E-state index is 12.7. The van der Waals surface area contributed by atoms with E-state index in [0.717, 1.165) is 49.0 Å². The van der Waals surface area contributed by atoms with Crippen LogP contribution in [-0.4, -0.2) is 82.7 Å². The van der Waals surface area contributed by atoms with E-state index in [4.69, 9.17) is 0 Å². The van der Waals surface area contributed by atoms with Crippen LogP contribution in [0.3, 0.4) is 0 Å². The molecule has 0 unspecified atom stereocenters. The van der Waals surface area contributed by atoms with Gasteiger partial charge in [0.25, 0.3) is 0 Å². The molecule has 3 aliphatic rings. The van der Waals surface area contributed by atoms with E-state index in [-0.39, 0.29) is 43.1 Å². The van der Waals surface area contributed by atoms with Crippen molar-refractivity contribution in [3.63, 3.8) is 0 Å². The van der Waals surface area contributed by atoms with Crippen molar-refractivity contribution in [3.8, 4) is 0 Å². The van der Waals surface area contributed by atoms with Crippen molar-refractivity contribution in [2.24, 2.45) is 0 Å². The molecular formula is C16H25N3O3S.